The van der Waals surface area contributed by atoms with Crippen molar-refractivity contribution in [1.82, 2.24) is 9.88 Å². The Bertz CT molecular complexity index is 1060. The Morgan fingerprint density at radius 3 is 2.81 bits per heavy atom. The lowest BCUT2D eigenvalue weighted by Crippen LogP contribution is -2.36. The SMILES string of the molecule is CC(C)C/C=C/c1ccc2nccc(C(=O)CCC(=O)N3CC(F)(F)C[C@H]3C#N)c2c1. The number of aromatic nitrogens is 1. The van der Waals surface area contributed by atoms with E-state index in [-0.39, 0.29) is 18.6 Å². The van der Waals surface area contributed by atoms with Crippen molar-refractivity contribution in [3.63, 3.8) is 0 Å². The van der Waals surface area contributed by atoms with E-state index in [9.17, 15) is 18.4 Å². The standard InChI is InChI=1S/C24H25F2N3O2/c1-16(2)4-3-5-17-6-7-21-20(12-17)19(10-11-28-21)22(30)8-9-23(31)29-15-24(25,26)13-18(29)14-27/h3,5-7,10-12,16,18H,4,8-9,13,15H2,1-2H3/b5-3+/t18-/m0/s1. The zero-order chi connectivity index (χ0) is 22.6. The fraction of sp³-hybridized carbons (Fsp3) is 0.417. The van der Waals surface area contributed by atoms with Crippen LogP contribution in [0, 0.1) is 17.2 Å². The number of carbonyl (C=O) groups excluding carboxylic acids is 2. The molecule has 3 rings (SSSR count). The third kappa shape index (κ3) is 5.52. The zero-order valence-corrected chi connectivity index (χ0v) is 17.6. The number of alkyl halides is 2. The molecule has 1 aromatic heterocycles. The van der Waals surface area contributed by atoms with E-state index >= 15 is 0 Å². The van der Waals surface area contributed by atoms with Crippen molar-refractivity contribution in [2.45, 2.75) is 51.5 Å². The highest BCUT2D eigenvalue weighted by Gasteiger charge is 2.47. The van der Waals surface area contributed by atoms with Crippen molar-refractivity contribution < 1.29 is 18.4 Å². The zero-order valence-electron chi connectivity index (χ0n) is 17.6. The Labute approximate surface area is 180 Å². The minimum Gasteiger partial charge on any atom is -0.320 e. The van der Waals surface area contributed by atoms with Crippen molar-refractivity contribution in [2.75, 3.05) is 6.54 Å². The van der Waals surface area contributed by atoms with Crippen LogP contribution < -0.4 is 0 Å². The Morgan fingerprint density at radius 2 is 2.10 bits per heavy atom. The molecule has 5 nitrogen and oxygen atoms in total. The van der Waals surface area contributed by atoms with Gasteiger partial charge in [-0.05, 0) is 36.1 Å². The lowest BCUT2D eigenvalue weighted by Gasteiger charge is -2.18. The molecule has 1 aliphatic heterocycles. The van der Waals surface area contributed by atoms with Crippen molar-refractivity contribution in [3.05, 3.63) is 47.7 Å². The maximum atomic E-state index is 13.6. The third-order valence-corrected chi connectivity index (χ3v) is 5.29. The lowest BCUT2D eigenvalue weighted by atomic mass is 9.99. The van der Waals surface area contributed by atoms with Crippen molar-refractivity contribution in [1.29, 1.82) is 5.26 Å². The lowest BCUT2D eigenvalue weighted by molar-refractivity contribution is -0.132. The summed E-state index contributed by atoms with van der Waals surface area (Å²) >= 11 is 0. The van der Waals surface area contributed by atoms with Gasteiger partial charge < -0.3 is 4.90 Å². The smallest absolute Gasteiger partial charge is 0.268 e. The number of carbonyl (C=O) groups is 2. The van der Waals surface area contributed by atoms with Crippen LogP contribution in [0.1, 0.15) is 55.5 Å². The first-order valence-electron chi connectivity index (χ1n) is 10.4. The molecule has 0 unspecified atom stereocenters. The summed E-state index contributed by atoms with van der Waals surface area (Å²) in [5.74, 6) is -3.39. The second kappa shape index (κ2) is 9.34. The first-order valence-corrected chi connectivity index (χ1v) is 10.4. The summed E-state index contributed by atoms with van der Waals surface area (Å²) in [5.41, 5.74) is 2.06. The maximum absolute atomic E-state index is 13.6. The molecule has 1 fully saturated rings. The molecule has 1 aromatic carbocycles. The van der Waals surface area contributed by atoms with Gasteiger partial charge in [-0.2, -0.15) is 5.26 Å². The number of nitriles is 1. The Hall–Kier alpha value is -3.14. The molecule has 1 saturated heterocycles. The van der Waals surface area contributed by atoms with Crippen LogP contribution >= 0.6 is 0 Å². The van der Waals surface area contributed by atoms with E-state index in [0.29, 0.717) is 22.4 Å². The average Bonchev–Trinajstić information content (AvgIpc) is 3.05. The number of likely N-dealkylation sites (tertiary alicyclic amines) is 1. The van der Waals surface area contributed by atoms with Crippen molar-refractivity contribution in [2.24, 2.45) is 5.92 Å². The number of amides is 1. The second-order valence-corrected chi connectivity index (χ2v) is 8.32. The molecule has 0 aliphatic carbocycles. The quantitative estimate of drug-likeness (QED) is 0.584. The van der Waals surface area contributed by atoms with Gasteiger partial charge >= 0.3 is 0 Å². The molecule has 7 heteroatoms. The van der Waals surface area contributed by atoms with Crippen LogP contribution in [0.3, 0.4) is 0 Å². The van der Waals surface area contributed by atoms with Crippen LogP contribution in [-0.4, -0.2) is 40.1 Å². The average molecular weight is 425 g/mol. The van der Waals surface area contributed by atoms with Crippen molar-refractivity contribution in [3.8, 4) is 6.07 Å². The number of fused-ring (bicyclic) bond motifs is 1. The van der Waals surface area contributed by atoms with Crippen LogP contribution in [-0.2, 0) is 4.79 Å². The first kappa shape index (κ1) is 22.5. The molecule has 1 aliphatic rings. The number of pyridine rings is 1. The van der Waals surface area contributed by atoms with E-state index in [1.807, 2.05) is 24.3 Å². The number of halogens is 2. The van der Waals surface area contributed by atoms with E-state index in [1.54, 1.807) is 18.3 Å². The monoisotopic (exact) mass is 425 g/mol. The van der Waals surface area contributed by atoms with Gasteiger partial charge in [0, 0.05) is 36.4 Å². The summed E-state index contributed by atoms with van der Waals surface area (Å²) in [6.45, 7) is 3.49. The normalized spacial score (nSPS) is 18.1. The van der Waals surface area contributed by atoms with E-state index < -0.39 is 30.8 Å². The first-order chi connectivity index (χ1) is 14.7. The van der Waals surface area contributed by atoms with Gasteiger partial charge in [-0.25, -0.2) is 8.78 Å². The molecular weight excluding hydrogens is 400 g/mol. The van der Waals surface area contributed by atoms with Crippen LogP contribution in [0.15, 0.2) is 36.5 Å². The van der Waals surface area contributed by atoms with Gasteiger partial charge in [0.25, 0.3) is 5.92 Å². The number of benzene rings is 1. The van der Waals surface area contributed by atoms with Gasteiger partial charge in [0.1, 0.15) is 6.04 Å². The predicted octanol–water partition coefficient (Wildman–Crippen LogP) is 5.02. The minimum atomic E-state index is -3.07. The maximum Gasteiger partial charge on any atom is 0.268 e. The fourth-order valence-corrected chi connectivity index (χ4v) is 3.68. The van der Waals surface area contributed by atoms with Gasteiger partial charge in [0.15, 0.2) is 5.78 Å². The van der Waals surface area contributed by atoms with E-state index in [1.165, 1.54) is 0 Å². The second-order valence-electron chi connectivity index (χ2n) is 8.32. The summed E-state index contributed by atoms with van der Waals surface area (Å²) in [5, 5.41) is 9.74. The largest absolute Gasteiger partial charge is 0.320 e. The van der Waals surface area contributed by atoms with Gasteiger partial charge in [0.05, 0.1) is 18.1 Å². The topological polar surface area (TPSA) is 74.1 Å². The van der Waals surface area contributed by atoms with E-state index in [2.05, 4.69) is 24.9 Å². The summed E-state index contributed by atoms with van der Waals surface area (Å²) in [6.07, 6.45) is 5.57. The van der Waals surface area contributed by atoms with Crippen LogP contribution in [0.4, 0.5) is 8.78 Å². The van der Waals surface area contributed by atoms with Crippen LogP contribution in [0.2, 0.25) is 0 Å². The molecule has 0 bridgehead atoms. The van der Waals surface area contributed by atoms with Crippen LogP contribution in [0.25, 0.3) is 17.0 Å². The van der Waals surface area contributed by atoms with Gasteiger partial charge in [0.2, 0.25) is 5.91 Å². The van der Waals surface area contributed by atoms with Gasteiger partial charge in [-0.1, -0.05) is 32.1 Å². The van der Waals surface area contributed by atoms with Crippen molar-refractivity contribution >= 4 is 28.7 Å². The molecule has 0 radical (unpaired) electrons. The third-order valence-electron chi connectivity index (χ3n) is 5.29. The highest BCUT2D eigenvalue weighted by molar-refractivity contribution is 6.08. The summed E-state index contributed by atoms with van der Waals surface area (Å²) in [4.78, 5) is 30.4. The minimum absolute atomic E-state index is 0.119. The molecule has 2 heterocycles. The molecule has 31 heavy (non-hydrogen) atoms. The predicted molar refractivity (Wildman–Crippen MR) is 114 cm³/mol. The summed E-state index contributed by atoms with van der Waals surface area (Å²) < 4.78 is 27.2. The molecule has 1 amide bonds. The van der Waals surface area contributed by atoms with E-state index in [4.69, 9.17) is 5.26 Å². The Morgan fingerprint density at radius 1 is 1.32 bits per heavy atom. The molecular formula is C24H25F2N3O2. The molecule has 162 valence electrons. The summed E-state index contributed by atoms with van der Waals surface area (Å²) in [6, 6.07) is 7.87. The fourth-order valence-electron chi connectivity index (χ4n) is 3.68. The van der Waals surface area contributed by atoms with Gasteiger partial charge in [-0.3, -0.25) is 14.6 Å². The highest BCUT2D eigenvalue weighted by Crippen LogP contribution is 2.32. The molecule has 0 N–H and O–H groups in total. The number of Topliss-reactive ketones (excluding diaryl/α,β-unsaturated/α-hetero) is 1. The molecule has 2 aromatic rings. The number of allylic oxidation sites excluding steroid dienone is 1. The molecule has 0 saturated carbocycles. The van der Waals surface area contributed by atoms with Crippen LogP contribution in [0.5, 0.6) is 0 Å². The summed E-state index contributed by atoms with van der Waals surface area (Å²) in [7, 11) is 0. The van der Waals surface area contributed by atoms with Gasteiger partial charge in [-0.15, -0.1) is 0 Å². The number of rotatable bonds is 7. The number of hydrogen-bond acceptors (Lipinski definition) is 4. The molecule has 0 spiro atoms. The van der Waals surface area contributed by atoms with E-state index in [0.717, 1.165) is 16.9 Å². The number of ketones is 1. The Balaban J connectivity index is 1.74. The number of nitrogens with zero attached hydrogens (tertiary/aromatic N) is 3. The highest BCUT2D eigenvalue weighted by atomic mass is 19.3. The Kier molecular flexibility index (Phi) is 6.79. The molecule has 1 atom stereocenters. The number of hydrogen-bond donors (Lipinski definition) is 0.